The van der Waals surface area contributed by atoms with Crippen LogP contribution in [0.3, 0.4) is 0 Å². The Kier molecular flexibility index (Phi) is 4.89. The van der Waals surface area contributed by atoms with E-state index in [-0.39, 0.29) is 36.2 Å². The maximum absolute atomic E-state index is 12.2. The van der Waals surface area contributed by atoms with Crippen LogP contribution in [0.15, 0.2) is 42.1 Å². The number of hydrogen-bond acceptors (Lipinski definition) is 5. The molecule has 2 atom stereocenters. The first-order valence-corrected chi connectivity index (χ1v) is 8.69. The van der Waals surface area contributed by atoms with Crippen LogP contribution in [0.5, 0.6) is 0 Å². The van der Waals surface area contributed by atoms with E-state index >= 15 is 0 Å². The Bertz CT molecular complexity index is 689. The second kappa shape index (κ2) is 7.09. The summed E-state index contributed by atoms with van der Waals surface area (Å²) in [7, 11) is 0. The lowest BCUT2D eigenvalue weighted by Crippen LogP contribution is -2.68. The van der Waals surface area contributed by atoms with Gasteiger partial charge in [-0.25, -0.2) is 0 Å². The van der Waals surface area contributed by atoms with Crippen molar-refractivity contribution in [2.24, 2.45) is 0 Å². The molecule has 6 nitrogen and oxygen atoms in total. The van der Waals surface area contributed by atoms with E-state index < -0.39 is 6.04 Å². The minimum Gasteiger partial charge on any atom is -0.461 e. The smallest absolute Gasteiger partial charge is 0.302 e. The molecule has 2 amide bonds. The Morgan fingerprint density at radius 2 is 2.08 bits per heavy atom. The summed E-state index contributed by atoms with van der Waals surface area (Å²) in [4.78, 5) is 36.8. The van der Waals surface area contributed by atoms with Crippen molar-refractivity contribution in [1.29, 1.82) is 0 Å². The standard InChI is InChI=1S/C17H18N2O4S/c1-11(20)23-9-13-8-19-16(22)15(17(19)24-10-13)18-14(21)7-12-5-3-2-4-6-12/h2-6,8,15,17H,7,9-10H2,1H3,(H,18,21)/t15-,17-/m1/s1. The van der Waals surface area contributed by atoms with E-state index in [2.05, 4.69) is 5.32 Å². The van der Waals surface area contributed by atoms with Crippen LogP contribution in [-0.4, -0.2) is 46.5 Å². The Morgan fingerprint density at radius 3 is 2.79 bits per heavy atom. The maximum Gasteiger partial charge on any atom is 0.302 e. The zero-order chi connectivity index (χ0) is 17.1. The monoisotopic (exact) mass is 346 g/mol. The topological polar surface area (TPSA) is 75.7 Å². The van der Waals surface area contributed by atoms with Crippen LogP contribution in [0.1, 0.15) is 12.5 Å². The van der Waals surface area contributed by atoms with Gasteiger partial charge in [0.1, 0.15) is 18.0 Å². The number of amides is 2. The molecule has 1 saturated heterocycles. The summed E-state index contributed by atoms with van der Waals surface area (Å²) >= 11 is 1.56. The molecule has 0 unspecified atom stereocenters. The first-order chi connectivity index (χ1) is 11.5. The van der Waals surface area contributed by atoms with Crippen LogP contribution >= 0.6 is 11.8 Å². The summed E-state index contributed by atoms with van der Waals surface area (Å²) in [5.41, 5.74) is 1.80. The minimum absolute atomic E-state index is 0.0849. The van der Waals surface area contributed by atoms with Crippen molar-refractivity contribution in [3.05, 3.63) is 47.7 Å². The molecule has 2 aliphatic heterocycles. The lowest BCUT2D eigenvalue weighted by atomic mass is 10.1. The van der Waals surface area contributed by atoms with Crippen molar-refractivity contribution >= 4 is 29.5 Å². The number of nitrogens with one attached hydrogen (secondary N) is 1. The molecule has 0 radical (unpaired) electrons. The average molecular weight is 346 g/mol. The van der Waals surface area contributed by atoms with E-state index in [0.717, 1.165) is 11.1 Å². The molecule has 1 fully saturated rings. The van der Waals surface area contributed by atoms with E-state index in [4.69, 9.17) is 4.74 Å². The first kappa shape index (κ1) is 16.6. The van der Waals surface area contributed by atoms with Crippen molar-refractivity contribution in [3.8, 4) is 0 Å². The van der Waals surface area contributed by atoms with Gasteiger partial charge in [0.05, 0.1) is 6.42 Å². The summed E-state index contributed by atoms with van der Waals surface area (Å²) in [5.74, 6) is 0.0414. The van der Waals surface area contributed by atoms with Gasteiger partial charge in [-0.05, 0) is 11.1 Å². The van der Waals surface area contributed by atoms with E-state index in [0.29, 0.717) is 5.75 Å². The normalized spacial score (nSPS) is 22.1. The Balaban J connectivity index is 1.54. The number of esters is 1. The quantitative estimate of drug-likeness (QED) is 0.638. The molecule has 1 N–H and O–H groups in total. The van der Waals surface area contributed by atoms with Crippen molar-refractivity contribution in [2.75, 3.05) is 12.4 Å². The number of rotatable bonds is 5. The largest absolute Gasteiger partial charge is 0.461 e. The van der Waals surface area contributed by atoms with Crippen molar-refractivity contribution in [3.63, 3.8) is 0 Å². The van der Waals surface area contributed by atoms with Crippen molar-refractivity contribution in [1.82, 2.24) is 10.2 Å². The highest BCUT2D eigenvalue weighted by molar-refractivity contribution is 8.00. The molecular formula is C17H18N2O4S. The fraction of sp³-hybridized carbons (Fsp3) is 0.353. The van der Waals surface area contributed by atoms with Crippen molar-refractivity contribution in [2.45, 2.75) is 24.8 Å². The molecular weight excluding hydrogens is 328 g/mol. The van der Waals surface area contributed by atoms with Gasteiger partial charge in [0, 0.05) is 18.9 Å². The fourth-order valence-electron chi connectivity index (χ4n) is 2.64. The number of β-lactam (4-membered cyclic amide) rings is 1. The second-order valence-corrected chi connectivity index (χ2v) is 6.83. The first-order valence-electron chi connectivity index (χ1n) is 7.64. The van der Waals surface area contributed by atoms with Crippen molar-refractivity contribution < 1.29 is 19.1 Å². The van der Waals surface area contributed by atoms with Gasteiger partial charge in [0.2, 0.25) is 5.91 Å². The second-order valence-electron chi connectivity index (χ2n) is 5.72. The molecule has 2 heterocycles. The lowest BCUT2D eigenvalue weighted by molar-refractivity contribution is -0.144. The summed E-state index contributed by atoms with van der Waals surface area (Å²) < 4.78 is 4.95. The molecule has 0 saturated carbocycles. The van der Waals surface area contributed by atoms with Crippen LogP contribution < -0.4 is 5.32 Å². The molecule has 0 bridgehead atoms. The van der Waals surface area contributed by atoms with Gasteiger partial charge in [0.15, 0.2) is 0 Å². The number of nitrogens with zero attached hydrogens (tertiary/aromatic N) is 1. The third-order valence-electron chi connectivity index (χ3n) is 3.83. The molecule has 24 heavy (non-hydrogen) atoms. The minimum atomic E-state index is -0.488. The average Bonchev–Trinajstić information content (AvgIpc) is 2.58. The summed E-state index contributed by atoms with van der Waals surface area (Å²) in [6.07, 6.45) is 1.99. The number of fused-ring (bicyclic) bond motifs is 1. The summed E-state index contributed by atoms with van der Waals surface area (Å²) in [6.45, 7) is 1.55. The zero-order valence-corrected chi connectivity index (χ0v) is 14.0. The number of benzene rings is 1. The SMILES string of the molecule is CC(=O)OCC1=CN2C(=O)[C@@H](NC(=O)Cc3ccccc3)[C@H]2SC1. The highest BCUT2D eigenvalue weighted by atomic mass is 32.2. The fourth-order valence-corrected chi connectivity index (χ4v) is 3.88. The molecule has 7 heteroatoms. The summed E-state index contributed by atoms with van der Waals surface area (Å²) in [5, 5.41) is 2.73. The van der Waals surface area contributed by atoms with Crippen LogP contribution in [0, 0.1) is 0 Å². The number of carbonyl (C=O) groups is 3. The molecule has 0 aromatic heterocycles. The molecule has 0 spiro atoms. The molecule has 1 aromatic carbocycles. The molecule has 3 rings (SSSR count). The number of ether oxygens (including phenoxy) is 1. The lowest BCUT2D eigenvalue weighted by Gasteiger charge is -2.47. The van der Waals surface area contributed by atoms with Crippen LogP contribution in [-0.2, 0) is 25.5 Å². The van der Waals surface area contributed by atoms with E-state index in [1.54, 1.807) is 22.9 Å². The van der Waals surface area contributed by atoms with Gasteiger partial charge in [-0.3, -0.25) is 14.4 Å². The third kappa shape index (κ3) is 3.62. The summed E-state index contributed by atoms with van der Waals surface area (Å²) in [6, 6.07) is 8.93. The van der Waals surface area contributed by atoms with Crippen LogP contribution in [0.25, 0.3) is 0 Å². The van der Waals surface area contributed by atoms with E-state index in [1.165, 1.54) is 6.92 Å². The van der Waals surface area contributed by atoms with Gasteiger partial charge >= 0.3 is 5.97 Å². The van der Waals surface area contributed by atoms with Crippen LogP contribution in [0.2, 0.25) is 0 Å². The zero-order valence-electron chi connectivity index (χ0n) is 13.2. The van der Waals surface area contributed by atoms with Crippen LogP contribution in [0.4, 0.5) is 0 Å². The van der Waals surface area contributed by atoms with Gasteiger partial charge in [0.25, 0.3) is 5.91 Å². The molecule has 2 aliphatic rings. The molecule has 1 aromatic rings. The number of hydrogen-bond donors (Lipinski definition) is 1. The van der Waals surface area contributed by atoms with E-state index in [1.807, 2.05) is 30.3 Å². The van der Waals surface area contributed by atoms with Gasteiger partial charge < -0.3 is 15.0 Å². The third-order valence-corrected chi connectivity index (χ3v) is 5.20. The van der Waals surface area contributed by atoms with Gasteiger partial charge in [-0.15, -0.1) is 11.8 Å². The van der Waals surface area contributed by atoms with Gasteiger partial charge in [-0.2, -0.15) is 0 Å². The Labute approximate surface area is 144 Å². The highest BCUT2D eigenvalue weighted by Gasteiger charge is 2.49. The maximum atomic E-state index is 12.2. The predicted molar refractivity (Wildman–Crippen MR) is 89.9 cm³/mol. The van der Waals surface area contributed by atoms with E-state index in [9.17, 15) is 14.4 Å². The Hall–Kier alpha value is -2.28. The Morgan fingerprint density at radius 1 is 1.33 bits per heavy atom. The predicted octanol–water partition coefficient (Wildman–Crippen LogP) is 1.08. The number of carbonyl (C=O) groups excluding carboxylic acids is 3. The van der Waals surface area contributed by atoms with Gasteiger partial charge in [-0.1, -0.05) is 30.3 Å². The molecule has 0 aliphatic carbocycles. The molecule has 126 valence electrons. The highest BCUT2D eigenvalue weighted by Crippen LogP contribution is 2.36. The number of thioether (sulfide) groups is 1.